The van der Waals surface area contributed by atoms with Crippen molar-refractivity contribution in [2.45, 2.75) is 6.10 Å². The highest BCUT2D eigenvalue weighted by Gasteiger charge is 2.13. The minimum Gasteiger partial charge on any atom is -0.398 e. The van der Waals surface area contributed by atoms with Crippen LogP contribution in [0.15, 0.2) is 42.5 Å². The van der Waals surface area contributed by atoms with Crippen LogP contribution in [0.25, 0.3) is 0 Å². The number of hydrogen-bond acceptors (Lipinski definition) is 2. The Morgan fingerprint density at radius 1 is 1.00 bits per heavy atom. The van der Waals surface area contributed by atoms with Crippen molar-refractivity contribution >= 4 is 28.9 Å². The van der Waals surface area contributed by atoms with Gasteiger partial charge in [0.1, 0.15) is 6.10 Å². The predicted molar refractivity (Wildman–Crippen MR) is 71.4 cm³/mol. The Hall–Kier alpha value is -1.22. The number of aliphatic hydroxyl groups is 1. The van der Waals surface area contributed by atoms with E-state index in [-0.39, 0.29) is 0 Å². The molecule has 0 saturated carbocycles. The monoisotopic (exact) mass is 267 g/mol. The number of para-hydroxylation sites is 1. The van der Waals surface area contributed by atoms with E-state index in [1.165, 1.54) is 0 Å². The highest BCUT2D eigenvalue weighted by atomic mass is 35.5. The molecule has 3 N–H and O–H groups in total. The third kappa shape index (κ3) is 2.55. The van der Waals surface area contributed by atoms with Gasteiger partial charge >= 0.3 is 0 Å². The Kier molecular flexibility index (Phi) is 3.57. The lowest BCUT2D eigenvalue weighted by Crippen LogP contribution is -2.03. The summed E-state index contributed by atoms with van der Waals surface area (Å²) in [7, 11) is 0. The molecule has 0 saturated heterocycles. The molecule has 0 spiro atoms. The first-order valence-electron chi connectivity index (χ1n) is 5.07. The summed E-state index contributed by atoms with van der Waals surface area (Å²) in [6, 6.07) is 12.2. The van der Waals surface area contributed by atoms with Crippen molar-refractivity contribution < 1.29 is 5.11 Å². The molecule has 17 heavy (non-hydrogen) atoms. The molecule has 0 aliphatic carbocycles. The fourth-order valence-corrected chi connectivity index (χ4v) is 1.93. The zero-order chi connectivity index (χ0) is 12.4. The van der Waals surface area contributed by atoms with Gasteiger partial charge in [-0.25, -0.2) is 0 Å². The molecule has 2 aromatic rings. The van der Waals surface area contributed by atoms with Crippen molar-refractivity contribution in [1.29, 1.82) is 0 Å². The number of halogens is 2. The summed E-state index contributed by atoms with van der Waals surface area (Å²) in [6.07, 6.45) is -0.800. The van der Waals surface area contributed by atoms with Crippen LogP contribution in [0.5, 0.6) is 0 Å². The predicted octanol–water partition coefficient (Wildman–Crippen LogP) is 3.66. The van der Waals surface area contributed by atoms with Gasteiger partial charge in [-0.15, -0.1) is 0 Å². The molecule has 0 amide bonds. The van der Waals surface area contributed by atoms with Gasteiger partial charge in [-0.2, -0.15) is 0 Å². The molecule has 0 aliphatic rings. The van der Waals surface area contributed by atoms with Gasteiger partial charge in [0.15, 0.2) is 0 Å². The molecule has 0 fully saturated rings. The zero-order valence-corrected chi connectivity index (χ0v) is 10.4. The molecule has 0 aromatic heterocycles. The smallest absolute Gasteiger partial charge is 0.106 e. The van der Waals surface area contributed by atoms with Crippen LogP contribution in [0, 0.1) is 0 Å². The Bertz CT molecular complexity index is 543. The summed E-state index contributed by atoms with van der Waals surface area (Å²) in [4.78, 5) is 0. The van der Waals surface area contributed by atoms with Crippen LogP contribution >= 0.6 is 23.2 Å². The summed E-state index contributed by atoms with van der Waals surface area (Å²) in [6.45, 7) is 0. The van der Waals surface area contributed by atoms with E-state index in [9.17, 15) is 5.11 Å². The van der Waals surface area contributed by atoms with E-state index < -0.39 is 6.10 Å². The van der Waals surface area contributed by atoms with Gasteiger partial charge in [0, 0.05) is 11.3 Å². The molecule has 0 aliphatic heterocycles. The van der Waals surface area contributed by atoms with Crippen LogP contribution in [-0.2, 0) is 0 Å². The third-order valence-corrected chi connectivity index (χ3v) is 3.29. The Morgan fingerprint density at radius 2 is 1.71 bits per heavy atom. The number of rotatable bonds is 2. The van der Waals surface area contributed by atoms with Gasteiger partial charge in [0.05, 0.1) is 10.0 Å². The second-order valence-corrected chi connectivity index (χ2v) is 4.52. The highest BCUT2D eigenvalue weighted by Crippen LogP contribution is 2.30. The lowest BCUT2D eigenvalue weighted by Gasteiger charge is -2.14. The fraction of sp³-hybridized carbons (Fsp3) is 0.0769. The van der Waals surface area contributed by atoms with Crippen LogP contribution in [-0.4, -0.2) is 5.11 Å². The minimum absolute atomic E-state index is 0.415. The van der Waals surface area contributed by atoms with Crippen molar-refractivity contribution in [3.05, 3.63) is 63.6 Å². The van der Waals surface area contributed by atoms with Crippen LogP contribution in [0.3, 0.4) is 0 Å². The van der Waals surface area contributed by atoms with Crippen molar-refractivity contribution in [2.75, 3.05) is 5.73 Å². The minimum atomic E-state index is -0.800. The highest BCUT2D eigenvalue weighted by molar-refractivity contribution is 6.42. The molecule has 0 heterocycles. The zero-order valence-electron chi connectivity index (χ0n) is 8.90. The molecule has 0 bridgehead atoms. The van der Waals surface area contributed by atoms with Gasteiger partial charge in [-0.05, 0) is 23.8 Å². The first kappa shape index (κ1) is 12.2. The molecule has 2 nitrogen and oxygen atoms in total. The van der Waals surface area contributed by atoms with E-state index in [0.717, 1.165) is 0 Å². The van der Waals surface area contributed by atoms with Crippen LogP contribution in [0.2, 0.25) is 10.0 Å². The molecule has 2 aromatic carbocycles. The Labute approximate surface area is 110 Å². The van der Waals surface area contributed by atoms with Crippen LogP contribution in [0.1, 0.15) is 17.2 Å². The van der Waals surface area contributed by atoms with E-state index in [1.54, 1.807) is 30.3 Å². The van der Waals surface area contributed by atoms with Crippen LogP contribution in [0.4, 0.5) is 5.69 Å². The molecular weight excluding hydrogens is 257 g/mol. The number of nitrogens with two attached hydrogens (primary N) is 1. The average Bonchev–Trinajstić information content (AvgIpc) is 2.32. The van der Waals surface area contributed by atoms with Gasteiger partial charge in [-0.3, -0.25) is 0 Å². The first-order valence-corrected chi connectivity index (χ1v) is 5.82. The molecule has 1 unspecified atom stereocenters. The normalized spacial score (nSPS) is 12.4. The molecule has 2 rings (SSSR count). The van der Waals surface area contributed by atoms with Crippen molar-refractivity contribution in [3.63, 3.8) is 0 Å². The maximum Gasteiger partial charge on any atom is 0.106 e. The van der Waals surface area contributed by atoms with E-state index in [0.29, 0.717) is 26.9 Å². The fourth-order valence-electron chi connectivity index (χ4n) is 1.62. The SMILES string of the molecule is Nc1ccccc1C(O)c1ccc(Cl)c(Cl)c1. The third-order valence-electron chi connectivity index (χ3n) is 2.55. The van der Waals surface area contributed by atoms with Gasteiger partial charge < -0.3 is 10.8 Å². The first-order chi connectivity index (χ1) is 8.09. The molecule has 0 radical (unpaired) electrons. The van der Waals surface area contributed by atoms with E-state index in [2.05, 4.69) is 0 Å². The number of hydrogen-bond donors (Lipinski definition) is 2. The number of nitrogen functional groups attached to an aromatic ring is 1. The summed E-state index contributed by atoms with van der Waals surface area (Å²) >= 11 is 11.7. The summed E-state index contributed by atoms with van der Waals surface area (Å²) in [5, 5.41) is 11.1. The summed E-state index contributed by atoms with van der Waals surface area (Å²) < 4.78 is 0. The molecule has 88 valence electrons. The van der Waals surface area contributed by atoms with Gasteiger partial charge in [0.2, 0.25) is 0 Å². The maximum atomic E-state index is 10.2. The number of anilines is 1. The van der Waals surface area contributed by atoms with Crippen molar-refractivity contribution in [3.8, 4) is 0 Å². The standard InChI is InChI=1S/C13H11Cl2NO/c14-10-6-5-8(7-11(10)15)13(17)9-3-1-2-4-12(9)16/h1-7,13,17H,16H2. The number of benzene rings is 2. The van der Waals surface area contributed by atoms with Crippen LogP contribution < -0.4 is 5.73 Å². The quantitative estimate of drug-likeness (QED) is 0.816. The lowest BCUT2D eigenvalue weighted by molar-refractivity contribution is 0.221. The van der Waals surface area contributed by atoms with Gasteiger partial charge in [0.25, 0.3) is 0 Å². The van der Waals surface area contributed by atoms with Crippen molar-refractivity contribution in [2.24, 2.45) is 0 Å². The largest absolute Gasteiger partial charge is 0.398 e. The Balaban J connectivity index is 2.40. The van der Waals surface area contributed by atoms with E-state index in [1.807, 2.05) is 12.1 Å². The van der Waals surface area contributed by atoms with Gasteiger partial charge in [-0.1, -0.05) is 47.5 Å². The average molecular weight is 268 g/mol. The molecular formula is C13H11Cl2NO. The topological polar surface area (TPSA) is 46.2 Å². The summed E-state index contributed by atoms with van der Waals surface area (Å²) in [5.41, 5.74) is 7.68. The second kappa shape index (κ2) is 4.96. The summed E-state index contributed by atoms with van der Waals surface area (Å²) in [5.74, 6) is 0. The number of aliphatic hydroxyl groups excluding tert-OH is 1. The molecule has 4 heteroatoms. The maximum absolute atomic E-state index is 10.2. The van der Waals surface area contributed by atoms with Crippen molar-refractivity contribution in [1.82, 2.24) is 0 Å². The lowest BCUT2D eigenvalue weighted by atomic mass is 10.0. The molecule has 1 atom stereocenters. The second-order valence-electron chi connectivity index (χ2n) is 3.70. The Morgan fingerprint density at radius 3 is 2.35 bits per heavy atom. The van der Waals surface area contributed by atoms with E-state index >= 15 is 0 Å². The van der Waals surface area contributed by atoms with E-state index in [4.69, 9.17) is 28.9 Å².